The van der Waals surface area contributed by atoms with Gasteiger partial charge in [-0.05, 0) is 41.1 Å². The molecule has 0 saturated carbocycles. The lowest BCUT2D eigenvalue weighted by atomic mass is 10.2. The van der Waals surface area contributed by atoms with Crippen molar-refractivity contribution in [1.29, 1.82) is 0 Å². The van der Waals surface area contributed by atoms with Gasteiger partial charge in [-0.2, -0.15) is 0 Å². The van der Waals surface area contributed by atoms with Crippen LogP contribution in [0, 0.1) is 0 Å². The van der Waals surface area contributed by atoms with E-state index in [-0.39, 0.29) is 17.1 Å². The maximum absolute atomic E-state index is 12.4. The minimum Gasteiger partial charge on any atom is -0.343 e. The van der Waals surface area contributed by atoms with Crippen LogP contribution >= 0.6 is 38.9 Å². The van der Waals surface area contributed by atoms with Crippen LogP contribution in [0.5, 0.6) is 0 Å². The van der Waals surface area contributed by atoms with Gasteiger partial charge in [0, 0.05) is 34.0 Å². The molecule has 0 fully saturated rings. The van der Waals surface area contributed by atoms with Crippen molar-refractivity contribution in [2.45, 2.75) is 13.0 Å². The van der Waals surface area contributed by atoms with Crippen LogP contribution < -0.4 is 5.32 Å². The highest BCUT2D eigenvalue weighted by Crippen LogP contribution is 2.25. The predicted octanol–water partition coefficient (Wildman–Crippen LogP) is 4.51. The minimum absolute atomic E-state index is 0.165. The van der Waals surface area contributed by atoms with Crippen LogP contribution in [0.3, 0.4) is 0 Å². The number of amides is 1. The molecule has 0 spiro atoms. The van der Waals surface area contributed by atoms with Crippen molar-refractivity contribution in [3.63, 3.8) is 0 Å². The fourth-order valence-corrected chi connectivity index (χ4v) is 3.41. The zero-order chi connectivity index (χ0) is 17.1. The summed E-state index contributed by atoms with van der Waals surface area (Å²) < 4.78 is 0.692. The molecule has 5 nitrogen and oxygen atoms in total. The van der Waals surface area contributed by atoms with Crippen LogP contribution in [0.2, 0.25) is 5.15 Å². The molecule has 3 heterocycles. The first-order valence-corrected chi connectivity index (χ1v) is 9.07. The predicted molar refractivity (Wildman–Crippen MR) is 98.2 cm³/mol. The van der Waals surface area contributed by atoms with Crippen molar-refractivity contribution >= 4 is 44.8 Å². The quantitative estimate of drug-likeness (QED) is 0.627. The van der Waals surface area contributed by atoms with E-state index < -0.39 is 0 Å². The number of pyridine rings is 2. The van der Waals surface area contributed by atoms with Crippen LogP contribution in [0.15, 0.2) is 46.6 Å². The number of hydrogen-bond donors (Lipinski definition) is 1. The molecule has 3 rings (SSSR count). The molecule has 0 bridgehead atoms. The summed E-state index contributed by atoms with van der Waals surface area (Å²) in [6, 6.07) is 5.20. The highest BCUT2D eigenvalue weighted by atomic mass is 79.9. The second-order valence-corrected chi connectivity index (χ2v) is 7.16. The molecular formula is C16H12BrClN4OS. The van der Waals surface area contributed by atoms with Crippen LogP contribution in [-0.4, -0.2) is 20.9 Å². The van der Waals surface area contributed by atoms with Crippen molar-refractivity contribution in [3.05, 3.63) is 62.4 Å². The number of aromatic nitrogens is 3. The third kappa shape index (κ3) is 3.80. The van der Waals surface area contributed by atoms with Gasteiger partial charge in [0.1, 0.15) is 10.2 Å². The van der Waals surface area contributed by atoms with E-state index >= 15 is 0 Å². The fourth-order valence-electron chi connectivity index (χ4n) is 2.05. The number of nitrogens with zero attached hydrogens (tertiary/aromatic N) is 3. The van der Waals surface area contributed by atoms with Crippen LogP contribution in [-0.2, 0) is 0 Å². The number of halogens is 2. The van der Waals surface area contributed by atoms with Gasteiger partial charge < -0.3 is 5.32 Å². The number of nitrogens with one attached hydrogen (secondary N) is 1. The highest BCUT2D eigenvalue weighted by molar-refractivity contribution is 9.10. The molecule has 0 aliphatic rings. The lowest BCUT2D eigenvalue weighted by Crippen LogP contribution is -2.27. The van der Waals surface area contributed by atoms with Crippen LogP contribution in [0.25, 0.3) is 11.3 Å². The summed E-state index contributed by atoms with van der Waals surface area (Å²) in [4.78, 5) is 25.0. The van der Waals surface area contributed by atoms with E-state index in [1.807, 2.05) is 24.4 Å². The zero-order valence-corrected chi connectivity index (χ0v) is 15.7. The van der Waals surface area contributed by atoms with Gasteiger partial charge in [-0.25, -0.2) is 9.97 Å². The van der Waals surface area contributed by atoms with Crippen molar-refractivity contribution in [2.24, 2.45) is 0 Å². The lowest BCUT2D eigenvalue weighted by Gasteiger charge is -2.12. The van der Waals surface area contributed by atoms with E-state index in [1.165, 1.54) is 11.3 Å². The number of carbonyl (C=O) groups excluding carboxylic acids is 1. The minimum atomic E-state index is -0.292. The normalized spacial score (nSPS) is 12.0. The maximum atomic E-state index is 12.4. The van der Waals surface area contributed by atoms with Gasteiger partial charge in [-0.15, -0.1) is 11.3 Å². The van der Waals surface area contributed by atoms with E-state index in [1.54, 1.807) is 24.7 Å². The van der Waals surface area contributed by atoms with Crippen molar-refractivity contribution in [1.82, 2.24) is 20.3 Å². The maximum Gasteiger partial charge on any atom is 0.255 e. The van der Waals surface area contributed by atoms with Crippen molar-refractivity contribution in [3.8, 4) is 11.3 Å². The van der Waals surface area contributed by atoms with E-state index in [2.05, 4.69) is 36.2 Å². The van der Waals surface area contributed by atoms with Gasteiger partial charge >= 0.3 is 0 Å². The van der Waals surface area contributed by atoms with E-state index in [9.17, 15) is 4.79 Å². The summed E-state index contributed by atoms with van der Waals surface area (Å²) in [6.45, 7) is 1.88. The molecule has 8 heteroatoms. The molecule has 0 aliphatic heterocycles. The number of carbonyl (C=O) groups is 1. The van der Waals surface area contributed by atoms with E-state index in [0.717, 1.165) is 16.3 Å². The SMILES string of the molecule is CC(NC(=O)c1cc(Br)cnc1Cl)c1nc(-c2cccnc2)cs1. The number of rotatable bonds is 4. The molecule has 1 atom stereocenters. The largest absolute Gasteiger partial charge is 0.343 e. The fraction of sp³-hybridized carbons (Fsp3) is 0.125. The Morgan fingerprint density at radius 3 is 3.00 bits per heavy atom. The first-order chi connectivity index (χ1) is 11.5. The monoisotopic (exact) mass is 422 g/mol. The lowest BCUT2D eigenvalue weighted by molar-refractivity contribution is 0.0939. The smallest absolute Gasteiger partial charge is 0.255 e. The topological polar surface area (TPSA) is 67.8 Å². The van der Waals surface area contributed by atoms with Gasteiger partial charge in [-0.3, -0.25) is 9.78 Å². The average molecular weight is 424 g/mol. The molecule has 3 aromatic rings. The Morgan fingerprint density at radius 2 is 2.25 bits per heavy atom. The molecule has 0 aromatic carbocycles. The molecule has 24 heavy (non-hydrogen) atoms. The Balaban J connectivity index is 1.75. The van der Waals surface area contributed by atoms with Gasteiger partial charge in [0.15, 0.2) is 0 Å². The first kappa shape index (κ1) is 17.0. The second-order valence-electron chi connectivity index (χ2n) is 5.00. The standard InChI is InChI=1S/C16H12BrClN4OS/c1-9(21-15(23)12-5-11(17)7-20-14(12)18)16-22-13(8-24-16)10-3-2-4-19-6-10/h2-9H,1H3,(H,21,23). The van der Waals surface area contributed by atoms with Crippen LogP contribution in [0.1, 0.15) is 28.3 Å². The summed E-state index contributed by atoms with van der Waals surface area (Å²) in [5, 5.41) is 5.81. The summed E-state index contributed by atoms with van der Waals surface area (Å²) >= 11 is 10.8. The molecule has 3 aromatic heterocycles. The Kier molecular flexibility index (Phi) is 5.23. The molecule has 0 radical (unpaired) electrons. The Hall–Kier alpha value is -1.83. The highest BCUT2D eigenvalue weighted by Gasteiger charge is 2.18. The summed E-state index contributed by atoms with van der Waals surface area (Å²) in [7, 11) is 0. The third-order valence-electron chi connectivity index (χ3n) is 3.25. The van der Waals surface area contributed by atoms with E-state index in [4.69, 9.17) is 11.6 Å². The third-order valence-corrected chi connectivity index (χ3v) is 5.01. The number of hydrogen-bond acceptors (Lipinski definition) is 5. The first-order valence-electron chi connectivity index (χ1n) is 7.02. The summed E-state index contributed by atoms with van der Waals surface area (Å²) in [5.41, 5.74) is 2.10. The Labute approximate surface area is 156 Å². The molecule has 1 amide bonds. The van der Waals surface area contributed by atoms with Crippen LogP contribution in [0.4, 0.5) is 0 Å². The summed E-state index contributed by atoms with van der Waals surface area (Å²) in [5.74, 6) is -0.292. The molecule has 122 valence electrons. The molecular weight excluding hydrogens is 412 g/mol. The Morgan fingerprint density at radius 1 is 1.42 bits per heavy atom. The summed E-state index contributed by atoms with van der Waals surface area (Å²) in [6.07, 6.45) is 5.02. The average Bonchev–Trinajstić information content (AvgIpc) is 3.08. The van der Waals surface area contributed by atoms with E-state index in [0.29, 0.717) is 10.0 Å². The Bertz CT molecular complexity index is 872. The van der Waals surface area contributed by atoms with Crippen molar-refractivity contribution < 1.29 is 4.79 Å². The second kappa shape index (κ2) is 7.38. The molecule has 1 unspecified atom stereocenters. The van der Waals surface area contributed by atoms with Crippen molar-refractivity contribution in [2.75, 3.05) is 0 Å². The van der Waals surface area contributed by atoms with Gasteiger partial charge in [0.2, 0.25) is 0 Å². The van der Waals surface area contributed by atoms with Gasteiger partial charge in [-0.1, -0.05) is 11.6 Å². The molecule has 0 aliphatic carbocycles. The van der Waals surface area contributed by atoms with Gasteiger partial charge in [0.25, 0.3) is 5.91 Å². The van der Waals surface area contributed by atoms with Gasteiger partial charge in [0.05, 0.1) is 17.3 Å². The zero-order valence-electron chi connectivity index (χ0n) is 12.5. The molecule has 1 N–H and O–H groups in total. The molecule has 0 saturated heterocycles. The number of thiazole rings is 1.